The second kappa shape index (κ2) is 50.7. The number of amides is 3. The summed E-state index contributed by atoms with van der Waals surface area (Å²) in [5.41, 5.74) is 5.35. The maximum absolute atomic E-state index is 11.9. The molecule has 28 heteroatoms. The molecule has 0 heterocycles. The van der Waals surface area contributed by atoms with E-state index in [9.17, 15) is 29.1 Å². The molecule has 0 spiro atoms. The minimum atomic E-state index is -5.94. The number of rotatable bonds is 15. The van der Waals surface area contributed by atoms with Crippen molar-refractivity contribution in [1.82, 2.24) is 16.0 Å². The number of aliphatic carboxylic acids is 2. The van der Waals surface area contributed by atoms with Gasteiger partial charge in [0.15, 0.2) is 0 Å². The number of ether oxygens (including phenoxy) is 3. The minimum Gasteiger partial charge on any atom is -0.480 e. The largest absolute Gasteiger partial charge is 1.00 e. The molecule has 3 amide bonds. The van der Waals surface area contributed by atoms with Crippen LogP contribution < -0.4 is 85.1 Å². The van der Waals surface area contributed by atoms with Gasteiger partial charge in [0.25, 0.3) is 0 Å². The molecule has 0 aromatic heterocycles. The summed E-state index contributed by atoms with van der Waals surface area (Å²) in [6.07, 6.45) is -0.557. The number of carbonyl (C=O) groups is 5. The first-order valence-corrected chi connectivity index (χ1v) is 25.7. The van der Waals surface area contributed by atoms with Crippen LogP contribution >= 0.6 is 81.0 Å². The first-order chi connectivity index (χ1) is 30.9. The van der Waals surface area contributed by atoms with Crippen molar-refractivity contribution in [3.63, 3.8) is 0 Å². The van der Waals surface area contributed by atoms with Crippen LogP contribution in [0.25, 0.3) is 0 Å². The van der Waals surface area contributed by atoms with Crippen molar-refractivity contribution in [2.45, 2.75) is 190 Å². The van der Waals surface area contributed by atoms with Crippen LogP contribution in [0, 0.1) is 11.8 Å². The second-order valence-electron chi connectivity index (χ2n) is 18.5. The molecule has 2 aromatic rings. The van der Waals surface area contributed by atoms with Crippen LogP contribution in [0.15, 0.2) is 60.7 Å². The molecule has 2 rings (SSSR count). The quantitative estimate of drug-likeness (QED) is 0.0607. The fraction of sp³-hybridized carbons (Fsp3) is 0.646. The van der Waals surface area contributed by atoms with E-state index in [1.165, 1.54) is 0 Å². The summed E-state index contributed by atoms with van der Waals surface area (Å²) in [6.45, 7) is 27.7. The zero-order valence-corrected chi connectivity index (χ0v) is 56.5. The number of halogens is 1. The molecule has 0 fully saturated rings. The second-order valence-corrected chi connectivity index (χ2v) is 20.7. The van der Waals surface area contributed by atoms with Crippen molar-refractivity contribution in [1.29, 1.82) is 0 Å². The van der Waals surface area contributed by atoms with Crippen LogP contribution in [0.2, 0.25) is 0 Å². The molecule has 2 aromatic carbocycles. The Hall–Kier alpha value is -1.26. The van der Waals surface area contributed by atoms with Gasteiger partial charge >= 0.3 is 59.8 Å². The normalized spacial score (nSPS) is 13.2. The Morgan fingerprint density at radius 1 is 0.526 bits per heavy atom. The molecule has 0 aliphatic rings. The molecule has 20 nitrogen and oxygen atoms in total. The number of aliphatic hydroxyl groups excluding tert-OH is 2. The number of nitrogens with two attached hydrogens (primary N) is 1. The molecule has 8 atom stereocenters. The van der Waals surface area contributed by atoms with Gasteiger partial charge in [0, 0.05) is 0 Å². The number of hydrogen-bond acceptors (Lipinski definition) is 15. The SMILES string of the molecule is C.CC[C@H](C)[C@H](NC(=O)OC(C)(C)C)C(=O)O.CC[C@H](C)[C@H](NC(=O)OC(C)(C)C)c1ccccc1.CC[C@H](O)[C@H](N)C(=O)O.CC[C@H](O)[C@H](NC(=O)OC(C)(C)C)c1ccccc1.S.S.S.S.S.S.[Na+].[O-][I+3]([O-])([O-])[O-]. The Morgan fingerprint density at radius 2 is 0.803 bits per heavy atom. The van der Waals surface area contributed by atoms with Crippen molar-refractivity contribution in [2.24, 2.45) is 17.6 Å². The number of alkyl carbamates (subject to hydrolysis) is 3. The first kappa shape index (κ1) is 100. The topological polar surface area (TPSA) is 348 Å². The molecule has 0 radical (unpaired) electrons. The monoisotopic (exact) mass is 1330 g/mol. The van der Waals surface area contributed by atoms with Gasteiger partial charge in [-0.05, 0) is 98.1 Å². The number of carboxylic acid groups (broad SMARTS) is 2. The summed E-state index contributed by atoms with van der Waals surface area (Å²) in [5.74, 6) is -1.98. The Balaban J connectivity index is -0.0000000789. The van der Waals surface area contributed by atoms with Gasteiger partial charge < -0.3 is 56.3 Å². The predicted molar refractivity (Wildman–Crippen MR) is 314 cm³/mol. The maximum atomic E-state index is 11.9. The third-order valence-electron chi connectivity index (χ3n) is 8.95. The van der Waals surface area contributed by atoms with Crippen LogP contribution in [-0.2, 0) is 23.8 Å². The zero-order chi connectivity index (χ0) is 53.8. The summed E-state index contributed by atoms with van der Waals surface area (Å²) < 4.78 is 50.0. The third kappa shape index (κ3) is 56.0. The Kier molecular flexibility index (Phi) is 66.7. The molecule has 9 N–H and O–H groups in total. The number of hydrogen-bond donors (Lipinski definition) is 8. The van der Waals surface area contributed by atoms with E-state index in [-0.39, 0.29) is 136 Å². The van der Waals surface area contributed by atoms with E-state index in [0.717, 1.165) is 17.5 Å². The Labute approximate surface area is 524 Å². The number of carbonyl (C=O) groups excluding carboxylic acids is 3. The fourth-order valence-corrected chi connectivity index (χ4v) is 5.15. The van der Waals surface area contributed by atoms with E-state index < -0.39 is 91.4 Å². The van der Waals surface area contributed by atoms with Crippen LogP contribution in [0.3, 0.4) is 0 Å². The van der Waals surface area contributed by atoms with Gasteiger partial charge in [-0.25, -0.2) is 19.2 Å². The van der Waals surface area contributed by atoms with Crippen molar-refractivity contribution in [3.05, 3.63) is 71.8 Å². The summed E-state index contributed by atoms with van der Waals surface area (Å²) in [4.78, 5) is 56.1. The first-order valence-electron chi connectivity index (χ1n) is 22.2. The van der Waals surface area contributed by atoms with Gasteiger partial charge in [-0.2, -0.15) is 81.0 Å². The molecule has 448 valence electrons. The summed E-state index contributed by atoms with van der Waals surface area (Å²) in [5, 5.41) is 44.1. The fourth-order valence-electron chi connectivity index (χ4n) is 5.15. The Morgan fingerprint density at radius 3 is 1.04 bits per heavy atom. The smallest absolute Gasteiger partial charge is 0.480 e. The van der Waals surface area contributed by atoms with Gasteiger partial charge in [0.2, 0.25) is 0 Å². The molecular formula is C48H96IN4NaO16S6. The van der Waals surface area contributed by atoms with Gasteiger partial charge in [0.05, 0.1) is 24.3 Å². The number of benzene rings is 2. The predicted octanol–water partition coefficient (Wildman–Crippen LogP) is -0.934. The average Bonchev–Trinajstić information content (AvgIpc) is 3.21. The molecule has 0 bridgehead atoms. The van der Waals surface area contributed by atoms with Crippen molar-refractivity contribution in [2.75, 3.05) is 0 Å². The van der Waals surface area contributed by atoms with E-state index >= 15 is 0 Å². The molecule has 0 aliphatic heterocycles. The van der Waals surface area contributed by atoms with Crippen LogP contribution in [-0.4, -0.2) is 91.7 Å². The van der Waals surface area contributed by atoms with E-state index in [2.05, 4.69) is 29.8 Å². The van der Waals surface area contributed by atoms with E-state index in [0.29, 0.717) is 25.2 Å². The van der Waals surface area contributed by atoms with Gasteiger partial charge in [-0.1, -0.05) is 122 Å². The van der Waals surface area contributed by atoms with Gasteiger partial charge in [0.1, 0.15) is 49.0 Å². The van der Waals surface area contributed by atoms with Crippen LogP contribution in [0.1, 0.15) is 160 Å². The standard InChI is InChI=1S/C16H25NO2.C15H23NO3.C11H21NO4.C5H11NO3.CH4.IO4.Na.6H2S/c1-6-12(2)14(13-10-8-7-9-11-13)17-15(18)19-16(3,4)5;1-5-12(17)13(11-9-7-6-8-10-11)16-14(18)19-15(2,3)4;1-6-7(2)8(9(13)14)12-10(15)16-11(3,4)5;1-2-3(7)4(6)5(8)9;;2-1(3,4)5;;;;;;;/h7-12,14H,6H2,1-5H3,(H,17,18);6-10,12-13,17H,5H2,1-4H3,(H,16,18);7-8H,6H2,1-5H3,(H,12,15)(H,13,14);3-4,7H,2,6H2,1H3,(H,8,9);1H4;;;6*1H2/q;;;;;-1;+1;;;;;;/t12-,14-;12-,13+;7-,8-;3-,4-;;;;;;;;;/m0000........./s1. The Bertz CT molecular complexity index is 1670. The van der Waals surface area contributed by atoms with Crippen molar-refractivity contribution in [3.8, 4) is 0 Å². The van der Waals surface area contributed by atoms with Crippen LogP contribution in [0.5, 0.6) is 0 Å². The summed E-state index contributed by atoms with van der Waals surface area (Å²) in [6, 6.07) is 16.9. The van der Waals surface area contributed by atoms with Gasteiger partial charge in [-0.15, -0.1) is 0 Å². The van der Waals surface area contributed by atoms with E-state index in [1.807, 2.05) is 95.3 Å². The summed E-state index contributed by atoms with van der Waals surface area (Å²) >= 11 is -5.94. The summed E-state index contributed by atoms with van der Waals surface area (Å²) in [7, 11) is 0. The number of nitrogens with one attached hydrogen (secondary N) is 3. The average molecular weight is 1330 g/mol. The number of carboxylic acids is 2. The molecule has 76 heavy (non-hydrogen) atoms. The van der Waals surface area contributed by atoms with Crippen molar-refractivity contribution < 1.29 is 122 Å². The molecule has 0 saturated heterocycles. The van der Waals surface area contributed by atoms with Crippen LogP contribution in [0.4, 0.5) is 14.4 Å². The maximum Gasteiger partial charge on any atom is 1.00 e. The van der Waals surface area contributed by atoms with E-state index in [4.69, 9.17) is 49.0 Å². The minimum absolute atomic E-state index is 0. The molecular weight excluding hydrogens is 1230 g/mol. The van der Waals surface area contributed by atoms with E-state index in [1.54, 1.807) is 55.4 Å². The molecule has 0 aliphatic carbocycles. The van der Waals surface area contributed by atoms with Gasteiger partial charge in [-0.3, -0.25) is 18.5 Å². The third-order valence-corrected chi connectivity index (χ3v) is 8.95. The zero-order valence-electron chi connectivity index (χ0n) is 46.4. The van der Waals surface area contributed by atoms with Crippen molar-refractivity contribution >= 4 is 111 Å². The molecule has 0 unspecified atom stereocenters. The number of aliphatic hydroxyl groups is 2. The molecule has 0 saturated carbocycles.